The number of nitrogens with zero attached hydrogens (tertiary/aromatic N) is 1. The van der Waals surface area contributed by atoms with Gasteiger partial charge in [0.2, 0.25) is 0 Å². The SMILES string of the molecule is Cc1cccc([N+](=O)[O-])c1NC(=O)COC(=O)/C=C/c1cccc(Cl)c1Cl. The molecule has 9 heteroatoms. The molecule has 0 atom stereocenters. The van der Waals surface area contributed by atoms with Crippen molar-refractivity contribution in [1.82, 2.24) is 0 Å². The lowest BCUT2D eigenvalue weighted by atomic mass is 10.1. The van der Waals surface area contributed by atoms with Gasteiger partial charge in [0.25, 0.3) is 11.6 Å². The smallest absolute Gasteiger partial charge is 0.331 e. The molecule has 0 aromatic heterocycles. The van der Waals surface area contributed by atoms with Crippen molar-refractivity contribution in [3.05, 3.63) is 73.8 Å². The minimum Gasteiger partial charge on any atom is -0.452 e. The van der Waals surface area contributed by atoms with E-state index in [4.69, 9.17) is 27.9 Å². The molecule has 0 saturated carbocycles. The number of benzene rings is 2. The second-order valence-corrected chi connectivity index (χ2v) is 6.14. The lowest BCUT2D eigenvalue weighted by molar-refractivity contribution is -0.384. The van der Waals surface area contributed by atoms with Crippen molar-refractivity contribution in [3.8, 4) is 0 Å². The third kappa shape index (κ3) is 5.54. The van der Waals surface area contributed by atoms with Crippen molar-refractivity contribution in [3.63, 3.8) is 0 Å². The highest BCUT2D eigenvalue weighted by atomic mass is 35.5. The van der Waals surface area contributed by atoms with Gasteiger partial charge in [0.05, 0.1) is 15.0 Å². The van der Waals surface area contributed by atoms with Crippen LogP contribution in [0.5, 0.6) is 0 Å². The summed E-state index contributed by atoms with van der Waals surface area (Å²) in [5, 5.41) is 14.0. The molecule has 0 spiro atoms. The summed E-state index contributed by atoms with van der Waals surface area (Å²) in [6.45, 7) is 1.02. The summed E-state index contributed by atoms with van der Waals surface area (Å²) in [5.41, 5.74) is 0.843. The summed E-state index contributed by atoms with van der Waals surface area (Å²) in [6, 6.07) is 9.32. The van der Waals surface area contributed by atoms with E-state index in [9.17, 15) is 19.7 Å². The molecule has 0 fully saturated rings. The summed E-state index contributed by atoms with van der Waals surface area (Å²) in [6.07, 6.45) is 2.50. The first-order chi connectivity index (χ1) is 12.8. The summed E-state index contributed by atoms with van der Waals surface area (Å²) in [7, 11) is 0. The Labute approximate surface area is 164 Å². The molecule has 2 aromatic rings. The van der Waals surface area contributed by atoms with Crippen molar-refractivity contribution < 1.29 is 19.2 Å². The number of nitrogens with one attached hydrogen (secondary N) is 1. The molecule has 2 aromatic carbocycles. The number of hydrogen-bond acceptors (Lipinski definition) is 5. The predicted octanol–water partition coefficient (Wildman–Crippen LogP) is 4.41. The van der Waals surface area contributed by atoms with E-state index in [0.717, 1.165) is 6.08 Å². The normalized spacial score (nSPS) is 10.6. The van der Waals surface area contributed by atoms with E-state index in [2.05, 4.69) is 5.32 Å². The van der Waals surface area contributed by atoms with E-state index < -0.39 is 23.4 Å². The van der Waals surface area contributed by atoms with Crippen LogP contribution < -0.4 is 5.32 Å². The molecule has 27 heavy (non-hydrogen) atoms. The standard InChI is InChI=1S/C18H14Cl2N2O5/c1-11-4-2-7-14(22(25)26)18(11)21-15(23)10-27-16(24)9-8-12-5-3-6-13(19)17(12)20/h2-9H,10H2,1H3,(H,21,23)/b9-8+. The highest BCUT2D eigenvalue weighted by Gasteiger charge is 2.18. The number of rotatable bonds is 6. The second-order valence-electron chi connectivity index (χ2n) is 5.36. The topological polar surface area (TPSA) is 98.5 Å². The zero-order valence-corrected chi connectivity index (χ0v) is 15.6. The third-order valence-corrected chi connectivity index (χ3v) is 4.27. The van der Waals surface area contributed by atoms with Crippen molar-refractivity contribution in [1.29, 1.82) is 0 Å². The Morgan fingerprint density at radius 3 is 2.63 bits per heavy atom. The monoisotopic (exact) mass is 408 g/mol. The molecule has 140 valence electrons. The van der Waals surface area contributed by atoms with Gasteiger partial charge in [-0.15, -0.1) is 0 Å². The van der Waals surface area contributed by atoms with Gasteiger partial charge >= 0.3 is 5.97 Å². The van der Waals surface area contributed by atoms with Crippen molar-refractivity contribution in [2.75, 3.05) is 11.9 Å². The van der Waals surface area contributed by atoms with Gasteiger partial charge in [0, 0.05) is 12.1 Å². The van der Waals surface area contributed by atoms with Crippen LogP contribution in [0, 0.1) is 17.0 Å². The molecule has 0 aliphatic rings. The summed E-state index contributed by atoms with van der Waals surface area (Å²) in [5.74, 6) is -1.48. The van der Waals surface area contributed by atoms with E-state index in [-0.39, 0.29) is 16.4 Å². The fraction of sp³-hybridized carbons (Fsp3) is 0.111. The van der Waals surface area contributed by atoms with Crippen LogP contribution in [0.25, 0.3) is 6.08 Å². The number of hydrogen-bond donors (Lipinski definition) is 1. The van der Waals surface area contributed by atoms with Crippen LogP contribution >= 0.6 is 23.2 Å². The van der Waals surface area contributed by atoms with E-state index in [0.29, 0.717) is 16.1 Å². The molecule has 1 amide bonds. The number of ether oxygens (including phenoxy) is 1. The van der Waals surface area contributed by atoms with Crippen molar-refractivity contribution in [2.24, 2.45) is 0 Å². The molecule has 0 unspecified atom stereocenters. The van der Waals surface area contributed by atoms with Crippen molar-refractivity contribution >= 4 is 52.5 Å². The van der Waals surface area contributed by atoms with E-state index in [1.807, 2.05) is 0 Å². The lowest BCUT2D eigenvalue weighted by Crippen LogP contribution is -2.21. The number of halogens is 2. The first-order valence-electron chi connectivity index (χ1n) is 7.62. The molecule has 0 saturated heterocycles. The number of esters is 1. The molecule has 1 N–H and O–H groups in total. The molecule has 0 radical (unpaired) electrons. The maximum absolute atomic E-state index is 11.9. The van der Waals surface area contributed by atoms with E-state index >= 15 is 0 Å². The van der Waals surface area contributed by atoms with Gasteiger partial charge < -0.3 is 10.1 Å². The highest BCUT2D eigenvalue weighted by molar-refractivity contribution is 6.42. The Balaban J connectivity index is 1.96. The van der Waals surface area contributed by atoms with Gasteiger partial charge in [-0.3, -0.25) is 14.9 Å². The molecular formula is C18H14Cl2N2O5. The molecule has 0 aliphatic heterocycles. The number of nitro benzene ring substituents is 1. The van der Waals surface area contributed by atoms with Gasteiger partial charge in [-0.2, -0.15) is 0 Å². The van der Waals surface area contributed by atoms with E-state index in [1.165, 1.54) is 18.2 Å². The number of aryl methyl sites for hydroxylation is 1. The number of para-hydroxylation sites is 1. The van der Waals surface area contributed by atoms with Crippen LogP contribution in [-0.4, -0.2) is 23.4 Å². The molecule has 2 rings (SSSR count). The fourth-order valence-electron chi connectivity index (χ4n) is 2.13. The van der Waals surface area contributed by atoms with Crippen LogP contribution in [0.1, 0.15) is 11.1 Å². The van der Waals surface area contributed by atoms with Crippen LogP contribution in [0.3, 0.4) is 0 Å². The highest BCUT2D eigenvalue weighted by Crippen LogP contribution is 2.28. The number of carbonyl (C=O) groups is 2. The van der Waals surface area contributed by atoms with Crippen molar-refractivity contribution in [2.45, 2.75) is 6.92 Å². The van der Waals surface area contributed by atoms with Gasteiger partial charge in [-0.05, 0) is 30.2 Å². The Bertz CT molecular complexity index is 928. The quantitative estimate of drug-likeness (QED) is 0.330. The van der Waals surface area contributed by atoms with Gasteiger partial charge in [0.1, 0.15) is 5.69 Å². The van der Waals surface area contributed by atoms with Crippen LogP contribution in [-0.2, 0) is 14.3 Å². The zero-order valence-electron chi connectivity index (χ0n) is 14.1. The Morgan fingerprint density at radius 1 is 1.22 bits per heavy atom. The molecule has 0 aliphatic carbocycles. The minimum absolute atomic E-state index is 0.0600. The maximum Gasteiger partial charge on any atom is 0.331 e. The average molecular weight is 409 g/mol. The number of carbonyl (C=O) groups excluding carboxylic acids is 2. The number of nitro groups is 1. The van der Waals surface area contributed by atoms with E-state index in [1.54, 1.807) is 31.2 Å². The van der Waals surface area contributed by atoms with Crippen LogP contribution in [0.4, 0.5) is 11.4 Å². The van der Waals surface area contributed by atoms with Crippen LogP contribution in [0.2, 0.25) is 10.0 Å². The zero-order chi connectivity index (χ0) is 20.0. The van der Waals surface area contributed by atoms with Gasteiger partial charge in [-0.25, -0.2) is 4.79 Å². The Morgan fingerprint density at radius 2 is 1.93 bits per heavy atom. The number of amides is 1. The van der Waals surface area contributed by atoms with Gasteiger partial charge in [-0.1, -0.05) is 47.5 Å². The first-order valence-corrected chi connectivity index (χ1v) is 8.38. The predicted molar refractivity (Wildman–Crippen MR) is 103 cm³/mol. The van der Waals surface area contributed by atoms with Crippen LogP contribution in [0.15, 0.2) is 42.5 Å². The Hall–Kier alpha value is -2.90. The lowest BCUT2D eigenvalue weighted by Gasteiger charge is -2.08. The summed E-state index contributed by atoms with van der Waals surface area (Å²) in [4.78, 5) is 34.1. The molecule has 0 heterocycles. The molecule has 7 nitrogen and oxygen atoms in total. The largest absolute Gasteiger partial charge is 0.452 e. The second kappa shape index (κ2) is 9.16. The average Bonchev–Trinajstić information content (AvgIpc) is 2.62. The summed E-state index contributed by atoms with van der Waals surface area (Å²) >= 11 is 11.9. The third-order valence-electron chi connectivity index (χ3n) is 3.44. The summed E-state index contributed by atoms with van der Waals surface area (Å²) < 4.78 is 4.82. The minimum atomic E-state index is -0.777. The van der Waals surface area contributed by atoms with Gasteiger partial charge in [0.15, 0.2) is 6.61 Å². The Kier molecular flexibility index (Phi) is 6.92. The maximum atomic E-state index is 11.9. The molecular weight excluding hydrogens is 395 g/mol. The number of anilines is 1. The fourth-order valence-corrected chi connectivity index (χ4v) is 2.51. The first kappa shape index (κ1) is 20.4. The molecule has 0 bridgehead atoms.